The molecule has 0 spiro atoms. The topological polar surface area (TPSA) is 64.8 Å². The summed E-state index contributed by atoms with van der Waals surface area (Å²) in [5, 5.41) is 13.8. The van der Waals surface area contributed by atoms with Crippen LogP contribution in [-0.4, -0.2) is 29.3 Å². The van der Waals surface area contributed by atoms with E-state index in [2.05, 4.69) is 38.4 Å². The lowest BCUT2D eigenvalue weighted by Crippen LogP contribution is -2.17. The minimum Gasteiger partial charge on any atom is -0.372 e. The maximum absolute atomic E-state index is 9.86. The summed E-state index contributed by atoms with van der Waals surface area (Å²) >= 11 is 1.47. The van der Waals surface area contributed by atoms with Crippen molar-refractivity contribution in [3.8, 4) is 17.3 Å². The molecule has 1 aliphatic rings. The van der Waals surface area contributed by atoms with E-state index in [9.17, 15) is 5.26 Å². The first-order valence-electron chi connectivity index (χ1n) is 9.73. The monoisotopic (exact) mass is 401 g/mol. The first-order valence-corrected chi connectivity index (χ1v) is 11.0. The van der Waals surface area contributed by atoms with Crippen LogP contribution in [0.15, 0.2) is 53.7 Å². The highest BCUT2D eigenvalue weighted by Gasteiger charge is 2.17. The first-order chi connectivity index (χ1) is 14.2. The van der Waals surface area contributed by atoms with E-state index in [-0.39, 0.29) is 0 Å². The minimum absolute atomic E-state index is 0.454. The van der Waals surface area contributed by atoms with Crippen LogP contribution in [-0.2, 0) is 0 Å². The summed E-state index contributed by atoms with van der Waals surface area (Å²) in [5.41, 5.74) is 5.34. The van der Waals surface area contributed by atoms with Crippen molar-refractivity contribution in [3.63, 3.8) is 0 Å². The number of hydrogen-bond donors (Lipinski definition) is 1. The standard InChI is InChI=1S/C23H23N5S/c1-16-5-7-17(8-6-16)21-20(15-24)22(27-23(26-21)29-2)25-18-9-11-19(12-10-18)28-13-3-4-14-28/h5-12H,3-4,13-14H2,1-2H3,(H,25,26,27). The van der Waals surface area contributed by atoms with Crippen LogP contribution >= 0.6 is 11.8 Å². The van der Waals surface area contributed by atoms with E-state index < -0.39 is 0 Å². The molecule has 1 fully saturated rings. The van der Waals surface area contributed by atoms with Crippen molar-refractivity contribution in [1.82, 2.24) is 9.97 Å². The minimum atomic E-state index is 0.454. The Morgan fingerprint density at radius 3 is 2.31 bits per heavy atom. The molecule has 2 heterocycles. The summed E-state index contributed by atoms with van der Waals surface area (Å²) in [7, 11) is 0. The van der Waals surface area contributed by atoms with Gasteiger partial charge >= 0.3 is 0 Å². The number of benzene rings is 2. The van der Waals surface area contributed by atoms with Gasteiger partial charge in [0.2, 0.25) is 0 Å². The first kappa shape index (κ1) is 19.3. The van der Waals surface area contributed by atoms with Crippen molar-refractivity contribution in [3.05, 3.63) is 59.7 Å². The van der Waals surface area contributed by atoms with Crippen LogP contribution in [0, 0.1) is 18.3 Å². The molecule has 0 unspecified atom stereocenters. The summed E-state index contributed by atoms with van der Waals surface area (Å²) in [4.78, 5) is 11.6. The molecule has 2 aromatic carbocycles. The highest BCUT2D eigenvalue weighted by Crippen LogP contribution is 2.31. The molecule has 0 radical (unpaired) electrons. The Kier molecular flexibility index (Phi) is 5.68. The number of nitrogens with one attached hydrogen (secondary N) is 1. The molecule has 1 N–H and O–H groups in total. The SMILES string of the molecule is CSc1nc(Nc2ccc(N3CCCC3)cc2)c(C#N)c(-c2ccc(C)cc2)n1. The van der Waals surface area contributed by atoms with Gasteiger partial charge in [-0.25, -0.2) is 9.97 Å². The number of nitrogens with zero attached hydrogens (tertiary/aromatic N) is 4. The van der Waals surface area contributed by atoms with Crippen LogP contribution in [0.4, 0.5) is 17.2 Å². The van der Waals surface area contributed by atoms with E-state index in [0.717, 1.165) is 24.3 Å². The molecule has 29 heavy (non-hydrogen) atoms. The fourth-order valence-corrected chi connectivity index (χ4v) is 3.88. The van der Waals surface area contributed by atoms with Gasteiger partial charge in [0.05, 0.1) is 5.69 Å². The highest BCUT2D eigenvalue weighted by atomic mass is 32.2. The Labute approximate surface area is 175 Å². The van der Waals surface area contributed by atoms with Crippen molar-refractivity contribution in [2.45, 2.75) is 24.9 Å². The molecule has 1 aliphatic heterocycles. The summed E-state index contributed by atoms with van der Waals surface area (Å²) in [6.07, 6.45) is 4.45. The summed E-state index contributed by atoms with van der Waals surface area (Å²) in [6, 6.07) is 18.7. The van der Waals surface area contributed by atoms with E-state index >= 15 is 0 Å². The molecule has 5 nitrogen and oxygen atoms in total. The van der Waals surface area contributed by atoms with Gasteiger partial charge in [-0.15, -0.1) is 0 Å². The van der Waals surface area contributed by atoms with E-state index in [1.807, 2.05) is 49.6 Å². The Morgan fingerprint density at radius 1 is 1.00 bits per heavy atom. The van der Waals surface area contributed by atoms with Gasteiger partial charge in [-0.05, 0) is 50.3 Å². The average molecular weight is 402 g/mol. The van der Waals surface area contributed by atoms with Crippen molar-refractivity contribution < 1.29 is 0 Å². The second-order valence-electron chi connectivity index (χ2n) is 7.13. The van der Waals surface area contributed by atoms with Gasteiger partial charge in [-0.2, -0.15) is 5.26 Å². The fraction of sp³-hybridized carbons (Fsp3) is 0.261. The van der Waals surface area contributed by atoms with E-state index in [0.29, 0.717) is 22.2 Å². The average Bonchev–Trinajstić information content (AvgIpc) is 3.29. The smallest absolute Gasteiger partial charge is 0.189 e. The van der Waals surface area contributed by atoms with E-state index in [1.54, 1.807) is 0 Å². The molecule has 0 bridgehead atoms. The lowest BCUT2D eigenvalue weighted by Gasteiger charge is -2.18. The van der Waals surface area contributed by atoms with Crippen molar-refractivity contribution >= 4 is 29.0 Å². The second-order valence-corrected chi connectivity index (χ2v) is 7.90. The highest BCUT2D eigenvalue weighted by molar-refractivity contribution is 7.98. The van der Waals surface area contributed by atoms with Crippen LogP contribution in [0.3, 0.4) is 0 Å². The molecule has 1 aromatic heterocycles. The predicted molar refractivity (Wildman–Crippen MR) is 120 cm³/mol. The third-order valence-electron chi connectivity index (χ3n) is 5.11. The Balaban J connectivity index is 1.68. The van der Waals surface area contributed by atoms with Gasteiger partial charge in [-0.1, -0.05) is 41.6 Å². The molecule has 1 saturated heterocycles. The van der Waals surface area contributed by atoms with Crippen LogP contribution < -0.4 is 10.2 Å². The summed E-state index contributed by atoms with van der Waals surface area (Å²) < 4.78 is 0. The van der Waals surface area contributed by atoms with Crippen LogP contribution in [0.2, 0.25) is 0 Å². The molecule has 3 aromatic rings. The number of aromatic nitrogens is 2. The number of anilines is 3. The van der Waals surface area contributed by atoms with Crippen LogP contribution in [0.5, 0.6) is 0 Å². The van der Waals surface area contributed by atoms with Gasteiger partial charge in [0, 0.05) is 30.0 Å². The zero-order valence-electron chi connectivity index (χ0n) is 16.6. The molecule has 146 valence electrons. The van der Waals surface area contributed by atoms with Gasteiger partial charge in [0.1, 0.15) is 11.6 Å². The maximum Gasteiger partial charge on any atom is 0.189 e. The third kappa shape index (κ3) is 4.20. The van der Waals surface area contributed by atoms with Gasteiger partial charge in [0.25, 0.3) is 0 Å². The third-order valence-corrected chi connectivity index (χ3v) is 5.66. The zero-order valence-corrected chi connectivity index (χ0v) is 17.5. The summed E-state index contributed by atoms with van der Waals surface area (Å²) in [6.45, 7) is 4.28. The van der Waals surface area contributed by atoms with Gasteiger partial charge < -0.3 is 10.2 Å². The molecule has 4 rings (SSSR count). The van der Waals surface area contributed by atoms with Crippen LogP contribution in [0.1, 0.15) is 24.0 Å². The molecule has 0 atom stereocenters. The number of rotatable bonds is 5. The van der Waals surface area contributed by atoms with E-state index in [4.69, 9.17) is 0 Å². The predicted octanol–water partition coefficient (Wildman–Crippen LogP) is 5.39. The number of aryl methyl sites for hydroxylation is 1. The molecule has 0 amide bonds. The number of thioether (sulfide) groups is 1. The Hall–Kier alpha value is -3.04. The number of hydrogen-bond acceptors (Lipinski definition) is 6. The molecule has 0 aliphatic carbocycles. The zero-order chi connectivity index (χ0) is 20.2. The molecule has 6 heteroatoms. The van der Waals surface area contributed by atoms with Gasteiger partial charge in [-0.3, -0.25) is 0 Å². The van der Waals surface area contributed by atoms with Crippen molar-refractivity contribution in [2.24, 2.45) is 0 Å². The Bertz CT molecular complexity index is 1030. The fourth-order valence-electron chi connectivity index (χ4n) is 3.52. The number of nitriles is 1. The van der Waals surface area contributed by atoms with Gasteiger partial charge in [0.15, 0.2) is 11.0 Å². The quantitative estimate of drug-likeness (QED) is 0.457. The van der Waals surface area contributed by atoms with Crippen LogP contribution in [0.25, 0.3) is 11.3 Å². The largest absolute Gasteiger partial charge is 0.372 e. The van der Waals surface area contributed by atoms with Crippen molar-refractivity contribution in [2.75, 3.05) is 29.6 Å². The van der Waals surface area contributed by atoms with E-state index in [1.165, 1.54) is 35.9 Å². The Morgan fingerprint density at radius 2 is 1.69 bits per heavy atom. The normalized spacial score (nSPS) is 13.3. The van der Waals surface area contributed by atoms with Crippen molar-refractivity contribution in [1.29, 1.82) is 5.26 Å². The molecular weight excluding hydrogens is 378 g/mol. The lowest BCUT2D eigenvalue weighted by molar-refractivity contribution is 0.949. The lowest BCUT2D eigenvalue weighted by atomic mass is 10.1. The summed E-state index contributed by atoms with van der Waals surface area (Å²) in [5.74, 6) is 0.538. The molecule has 0 saturated carbocycles. The second kappa shape index (κ2) is 8.54. The maximum atomic E-state index is 9.86. The molecular formula is C23H23N5S.